The summed E-state index contributed by atoms with van der Waals surface area (Å²) in [7, 11) is 0. The second-order valence-electron chi connectivity index (χ2n) is 8.89. The van der Waals surface area contributed by atoms with Gasteiger partial charge >= 0.3 is 0 Å². The quantitative estimate of drug-likeness (QED) is 0.667. The highest BCUT2D eigenvalue weighted by atomic mass is 19.1. The highest BCUT2D eigenvalue weighted by molar-refractivity contribution is 5.94. The molecule has 2 saturated heterocycles. The zero-order chi connectivity index (χ0) is 22.5. The van der Waals surface area contributed by atoms with Crippen LogP contribution in [0.2, 0.25) is 0 Å². The number of benzene rings is 2. The fraction of sp³-hybridized carbons (Fsp3) is 0.500. The smallest absolute Gasteiger partial charge is 0.253 e. The number of likely N-dealkylation sites (tertiary alicyclic amines) is 1. The van der Waals surface area contributed by atoms with Crippen LogP contribution in [0.4, 0.5) is 10.1 Å². The van der Waals surface area contributed by atoms with Gasteiger partial charge in [0.05, 0.1) is 0 Å². The molecular weight excluding hydrogens is 405 g/mol. The molecule has 1 unspecified atom stereocenters. The van der Waals surface area contributed by atoms with Crippen LogP contribution in [0.25, 0.3) is 0 Å². The van der Waals surface area contributed by atoms with E-state index in [0.29, 0.717) is 30.8 Å². The SMILES string of the molecule is CCC(C)N1CCC(Oc2ccc(N3CCN(C(=O)c4ccc(F)cc4)CC3)cc2)CC1. The summed E-state index contributed by atoms with van der Waals surface area (Å²) < 4.78 is 19.3. The number of nitrogens with zero attached hydrogens (tertiary/aromatic N) is 3. The zero-order valence-electron chi connectivity index (χ0n) is 19.2. The van der Waals surface area contributed by atoms with Crippen molar-refractivity contribution < 1.29 is 13.9 Å². The Morgan fingerprint density at radius 3 is 2.19 bits per heavy atom. The standard InChI is InChI=1S/C26H34FN3O2/c1-3-20(2)28-14-12-25(13-15-28)32-24-10-8-23(9-11-24)29-16-18-30(19-17-29)26(31)21-4-6-22(27)7-5-21/h4-11,20,25H,3,12-19H2,1-2H3. The normalized spacial score (nSPS) is 19.1. The minimum atomic E-state index is -0.324. The van der Waals surface area contributed by atoms with Crippen molar-refractivity contribution in [1.29, 1.82) is 0 Å². The maximum atomic E-state index is 13.1. The van der Waals surface area contributed by atoms with Crippen molar-refractivity contribution >= 4 is 11.6 Å². The average Bonchev–Trinajstić information content (AvgIpc) is 2.85. The van der Waals surface area contributed by atoms with E-state index < -0.39 is 0 Å². The van der Waals surface area contributed by atoms with Gasteiger partial charge in [0.25, 0.3) is 5.91 Å². The Labute approximate surface area is 190 Å². The number of piperidine rings is 1. The fourth-order valence-electron chi connectivity index (χ4n) is 4.56. The third-order valence-electron chi connectivity index (χ3n) is 6.85. The molecule has 4 rings (SSSR count). The molecule has 2 aromatic rings. The van der Waals surface area contributed by atoms with Crippen LogP contribution >= 0.6 is 0 Å². The van der Waals surface area contributed by atoms with E-state index in [1.165, 1.54) is 18.6 Å². The monoisotopic (exact) mass is 439 g/mol. The number of halogens is 1. The summed E-state index contributed by atoms with van der Waals surface area (Å²) in [6.45, 7) is 9.64. The van der Waals surface area contributed by atoms with Crippen LogP contribution < -0.4 is 9.64 Å². The van der Waals surface area contributed by atoms with Gasteiger partial charge in [-0.05, 0) is 74.7 Å². The highest BCUT2D eigenvalue weighted by Crippen LogP contribution is 2.25. The molecule has 5 nitrogen and oxygen atoms in total. The van der Waals surface area contributed by atoms with Crippen molar-refractivity contribution in [2.75, 3.05) is 44.2 Å². The Morgan fingerprint density at radius 2 is 1.59 bits per heavy atom. The molecule has 2 fully saturated rings. The number of ether oxygens (including phenoxy) is 1. The minimum Gasteiger partial charge on any atom is -0.490 e. The molecule has 0 spiro atoms. The van der Waals surface area contributed by atoms with E-state index in [1.54, 1.807) is 12.1 Å². The van der Waals surface area contributed by atoms with Gasteiger partial charge in [-0.1, -0.05) is 6.92 Å². The van der Waals surface area contributed by atoms with Gasteiger partial charge in [0.15, 0.2) is 0 Å². The third kappa shape index (κ3) is 5.41. The van der Waals surface area contributed by atoms with Crippen LogP contribution in [0.15, 0.2) is 48.5 Å². The molecule has 2 heterocycles. The molecule has 0 saturated carbocycles. The van der Waals surface area contributed by atoms with Crippen molar-refractivity contribution in [2.24, 2.45) is 0 Å². The molecule has 32 heavy (non-hydrogen) atoms. The van der Waals surface area contributed by atoms with Crippen molar-refractivity contribution in [3.63, 3.8) is 0 Å². The molecule has 2 aliphatic rings. The van der Waals surface area contributed by atoms with Crippen LogP contribution in [0.1, 0.15) is 43.5 Å². The van der Waals surface area contributed by atoms with Crippen molar-refractivity contribution in [3.8, 4) is 5.75 Å². The van der Waals surface area contributed by atoms with Gasteiger partial charge in [-0.15, -0.1) is 0 Å². The summed E-state index contributed by atoms with van der Waals surface area (Å²) in [4.78, 5) is 19.3. The number of carbonyl (C=O) groups is 1. The van der Waals surface area contributed by atoms with Crippen molar-refractivity contribution in [3.05, 3.63) is 59.9 Å². The van der Waals surface area contributed by atoms with Crippen LogP contribution in [0.3, 0.4) is 0 Å². The first-order valence-corrected chi connectivity index (χ1v) is 11.8. The summed E-state index contributed by atoms with van der Waals surface area (Å²) in [5.74, 6) is 0.573. The number of hydrogen-bond donors (Lipinski definition) is 0. The number of carbonyl (C=O) groups excluding carboxylic acids is 1. The van der Waals surface area contributed by atoms with Crippen LogP contribution in [-0.2, 0) is 0 Å². The van der Waals surface area contributed by atoms with Crippen LogP contribution in [0, 0.1) is 5.82 Å². The first-order chi connectivity index (χ1) is 15.5. The van der Waals surface area contributed by atoms with E-state index >= 15 is 0 Å². The van der Waals surface area contributed by atoms with Gasteiger partial charge in [0, 0.05) is 56.6 Å². The maximum absolute atomic E-state index is 13.1. The number of hydrogen-bond acceptors (Lipinski definition) is 4. The molecule has 0 aliphatic carbocycles. The molecule has 6 heteroatoms. The maximum Gasteiger partial charge on any atom is 0.253 e. The molecule has 1 amide bonds. The second-order valence-corrected chi connectivity index (χ2v) is 8.89. The Bertz CT molecular complexity index is 871. The first kappa shape index (κ1) is 22.6. The largest absolute Gasteiger partial charge is 0.490 e. The Balaban J connectivity index is 1.25. The van der Waals surface area contributed by atoms with Gasteiger partial charge in [0.2, 0.25) is 0 Å². The lowest BCUT2D eigenvalue weighted by Crippen LogP contribution is -2.48. The second kappa shape index (κ2) is 10.3. The Hall–Kier alpha value is -2.60. The van der Waals surface area contributed by atoms with E-state index in [4.69, 9.17) is 4.74 Å². The van der Waals surface area contributed by atoms with E-state index in [0.717, 1.165) is 50.5 Å². The summed E-state index contributed by atoms with van der Waals surface area (Å²) >= 11 is 0. The number of rotatable bonds is 6. The predicted molar refractivity (Wildman–Crippen MR) is 126 cm³/mol. The highest BCUT2D eigenvalue weighted by Gasteiger charge is 2.24. The fourth-order valence-corrected chi connectivity index (χ4v) is 4.56. The summed E-state index contributed by atoms with van der Waals surface area (Å²) in [6.07, 6.45) is 3.65. The van der Waals surface area contributed by atoms with Gasteiger partial charge in [-0.25, -0.2) is 4.39 Å². The van der Waals surface area contributed by atoms with Crippen LogP contribution in [0.5, 0.6) is 5.75 Å². The lowest BCUT2D eigenvalue weighted by atomic mass is 10.0. The molecule has 0 radical (unpaired) electrons. The molecule has 172 valence electrons. The molecule has 0 aromatic heterocycles. The van der Waals surface area contributed by atoms with E-state index in [2.05, 4.69) is 47.9 Å². The Kier molecular flexibility index (Phi) is 7.30. The van der Waals surface area contributed by atoms with E-state index in [-0.39, 0.29) is 11.7 Å². The average molecular weight is 440 g/mol. The molecule has 1 atom stereocenters. The molecule has 0 bridgehead atoms. The summed E-state index contributed by atoms with van der Waals surface area (Å²) in [6, 6.07) is 14.8. The Morgan fingerprint density at radius 1 is 0.969 bits per heavy atom. The summed E-state index contributed by atoms with van der Waals surface area (Å²) in [5.41, 5.74) is 1.69. The van der Waals surface area contributed by atoms with E-state index in [1.807, 2.05) is 4.90 Å². The molecule has 2 aromatic carbocycles. The lowest BCUT2D eigenvalue weighted by Gasteiger charge is -2.36. The number of anilines is 1. The van der Waals surface area contributed by atoms with Crippen molar-refractivity contribution in [2.45, 2.75) is 45.3 Å². The molecule has 2 aliphatic heterocycles. The number of amides is 1. The lowest BCUT2D eigenvalue weighted by molar-refractivity contribution is 0.0746. The van der Waals surface area contributed by atoms with Gasteiger partial charge in [0.1, 0.15) is 17.7 Å². The number of piperazine rings is 1. The van der Waals surface area contributed by atoms with Gasteiger partial charge in [-0.3, -0.25) is 4.79 Å². The molecular formula is C26H34FN3O2. The predicted octanol–water partition coefficient (Wildman–Crippen LogP) is 4.43. The zero-order valence-corrected chi connectivity index (χ0v) is 19.2. The summed E-state index contributed by atoms with van der Waals surface area (Å²) in [5, 5.41) is 0. The van der Waals surface area contributed by atoms with Crippen LogP contribution in [-0.4, -0.2) is 67.1 Å². The van der Waals surface area contributed by atoms with E-state index in [9.17, 15) is 9.18 Å². The van der Waals surface area contributed by atoms with Gasteiger partial charge < -0.3 is 19.4 Å². The minimum absolute atomic E-state index is 0.0345. The third-order valence-corrected chi connectivity index (χ3v) is 6.85. The van der Waals surface area contributed by atoms with Gasteiger partial charge in [-0.2, -0.15) is 0 Å². The molecule has 0 N–H and O–H groups in total. The first-order valence-electron chi connectivity index (χ1n) is 11.8. The van der Waals surface area contributed by atoms with Crippen molar-refractivity contribution in [1.82, 2.24) is 9.80 Å². The topological polar surface area (TPSA) is 36.0 Å².